The number of rotatable bonds is 9. The van der Waals surface area contributed by atoms with E-state index in [9.17, 15) is 9.59 Å². The molecule has 0 radical (unpaired) electrons. The van der Waals surface area contributed by atoms with E-state index in [-0.39, 0.29) is 18.1 Å². The summed E-state index contributed by atoms with van der Waals surface area (Å²) in [5.41, 5.74) is 4.36. The monoisotopic (exact) mass is 522 g/mol. The van der Waals surface area contributed by atoms with Crippen LogP contribution in [-0.4, -0.2) is 45.6 Å². The quantitative estimate of drug-likeness (QED) is 0.263. The fraction of sp³-hybridized carbons (Fsp3) is 0.344. The van der Waals surface area contributed by atoms with Gasteiger partial charge in [0.05, 0.1) is 17.3 Å². The van der Waals surface area contributed by atoms with Gasteiger partial charge in [-0.05, 0) is 67.3 Å². The van der Waals surface area contributed by atoms with E-state index in [4.69, 9.17) is 4.74 Å². The number of nitrogens with one attached hydrogen (secondary N) is 2. The fourth-order valence-electron chi connectivity index (χ4n) is 6.23. The van der Waals surface area contributed by atoms with Crippen molar-refractivity contribution in [3.05, 3.63) is 83.9 Å². The summed E-state index contributed by atoms with van der Waals surface area (Å²) < 4.78 is 6.31. The Morgan fingerprint density at radius 3 is 2.51 bits per heavy atom. The van der Waals surface area contributed by atoms with E-state index in [1.165, 1.54) is 0 Å². The zero-order valence-electron chi connectivity index (χ0n) is 22.2. The summed E-state index contributed by atoms with van der Waals surface area (Å²) in [4.78, 5) is 26.6. The SMILES string of the molecule is CCC[C@H](NC(=O)c1ccc2[nH]nc(-c3ccc(O[C@@H]4C[C@H]5CC[C@@H](C4)N5C=O)cc3)c2c1)c1ccccc1. The van der Waals surface area contributed by atoms with E-state index in [2.05, 4.69) is 34.6 Å². The lowest BCUT2D eigenvalue weighted by Crippen LogP contribution is -2.45. The van der Waals surface area contributed by atoms with Crippen molar-refractivity contribution in [3.8, 4) is 17.0 Å². The molecule has 200 valence electrons. The molecule has 1 aromatic heterocycles. The molecule has 0 unspecified atom stereocenters. The molecule has 6 rings (SSSR count). The molecule has 7 nitrogen and oxygen atoms in total. The van der Waals surface area contributed by atoms with Gasteiger partial charge in [-0.25, -0.2) is 0 Å². The number of ether oxygens (including phenoxy) is 1. The number of aromatic amines is 1. The summed E-state index contributed by atoms with van der Waals surface area (Å²) in [7, 11) is 0. The van der Waals surface area contributed by atoms with Crippen molar-refractivity contribution < 1.29 is 14.3 Å². The lowest BCUT2D eigenvalue weighted by Gasteiger charge is -2.36. The number of fused-ring (bicyclic) bond motifs is 3. The normalized spacial score (nSPS) is 21.1. The molecule has 0 spiro atoms. The van der Waals surface area contributed by atoms with Crippen LogP contribution in [0.2, 0.25) is 0 Å². The molecule has 2 saturated heterocycles. The number of hydrogen-bond acceptors (Lipinski definition) is 4. The Morgan fingerprint density at radius 2 is 1.82 bits per heavy atom. The molecule has 2 aliphatic heterocycles. The molecule has 0 saturated carbocycles. The largest absolute Gasteiger partial charge is 0.490 e. The van der Waals surface area contributed by atoms with Crippen LogP contribution in [0.25, 0.3) is 22.2 Å². The third-order valence-corrected chi connectivity index (χ3v) is 8.21. The van der Waals surface area contributed by atoms with Crippen LogP contribution < -0.4 is 10.1 Å². The van der Waals surface area contributed by atoms with Gasteiger partial charge in [0.2, 0.25) is 6.41 Å². The van der Waals surface area contributed by atoms with Crippen LogP contribution in [0.3, 0.4) is 0 Å². The number of aromatic nitrogens is 2. The zero-order valence-corrected chi connectivity index (χ0v) is 22.2. The molecule has 4 atom stereocenters. The number of H-pyrrole nitrogens is 1. The molecule has 2 amide bonds. The predicted molar refractivity (Wildman–Crippen MR) is 151 cm³/mol. The van der Waals surface area contributed by atoms with Gasteiger partial charge in [-0.15, -0.1) is 0 Å². The van der Waals surface area contributed by atoms with Crippen LogP contribution in [0, 0.1) is 0 Å². The maximum Gasteiger partial charge on any atom is 0.251 e. The van der Waals surface area contributed by atoms with E-state index in [1.54, 1.807) is 0 Å². The van der Waals surface area contributed by atoms with Crippen molar-refractivity contribution in [2.75, 3.05) is 0 Å². The number of carbonyl (C=O) groups excluding carboxylic acids is 2. The maximum atomic E-state index is 13.3. The molecule has 2 fully saturated rings. The maximum absolute atomic E-state index is 13.3. The Morgan fingerprint density at radius 1 is 1.08 bits per heavy atom. The Bertz CT molecular complexity index is 1440. The van der Waals surface area contributed by atoms with E-state index in [0.717, 1.165) is 78.4 Å². The van der Waals surface area contributed by atoms with Gasteiger partial charge >= 0.3 is 0 Å². The number of benzene rings is 3. The van der Waals surface area contributed by atoms with Crippen molar-refractivity contribution in [1.82, 2.24) is 20.4 Å². The minimum atomic E-state index is -0.0929. The zero-order chi connectivity index (χ0) is 26.8. The molecule has 39 heavy (non-hydrogen) atoms. The summed E-state index contributed by atoms with van der Waals surface area (Å²) in [5, 5.41) is 11.8. The van der Waals surface area contributed by atoms with Gasteiger partial charge in [-0.1, -0.05) is 43.7 Å². The molecule has 4 aromatic rings. The predicted octanol–water partition coefficient (Wildman–Crippen LogP) is 6.03. The summed E-state index contributed by atoms with van der Waals surface area (Å²) in [6, 6.07) is 24.4. The average molecular weight is 523 g/mol. The Kier molecular flexibility index (Phi) is 7.05. The van der Waals surface area contributed by atoms with Crippen LogP contribution in [0.1, 0.15) is 67.4 Å². The number of amides is 2. The van der Waals surface area contributed by atoms with Crippen LogP contribution in [0.5, 0.6) is 5.75 Å². The third kappa shape index (κ3) is 5.13. The minimum absolute atomic E-state index is 0.0309. The van der Waals surface area contributed by atoms with Crippen molar-refractivity contribution in [2.24, 2.45) is 0 Å². The minimum Gasteiger partial charge on any atom is -0.490 e. The van der Waals surface area contributed by atoms with Crippen molar-refractivity contribution >= 4 is 23.2 Å². The molecule has 2 bridgehead atoms. The first-order valence-electron chi connectivity index (χ1n) is 14.0. The number of carbonyl (C=O) groups is 2. The summed E-state index contributed by atoms with van der Waals surface area (Å²) in [5.74, 6) is 0.732. The van der Waals surface area contributed by atoms with Gasteiger partial charge in [0, 0.05) is 41.4 Å². The standard InChI is InChI=1S/C32H34N4O3/c1-2-6-29(21-7-4-3-5-8-21)33-32(38)23-11-16-30-28(17-23)31(35-34-30)22-9-14-26(15-10-22)39-27-18-24-12-13-25(19-27)36(24)20-37/h3-5,7-11,14-17,20,24-25,27,29H,2,6,12-13,18-19H2,1H3,(H,33,38)(H,34,35)/t24-,25+,27-,29-/m0/s1. The molecular weight excluding hydrogens is 488 g/mol. The summed E-state index contributed by atoms with van der Waals surface area (Å²) >= 11 is 0. The topological polar surface area (TPSA) is 87.3 Å². The second-order valence-electron chi connectivity index (χ2n) is 10.7. The smallest absolute Gasteiger partial charge is 0.251 e. The van der Waals surface area contributed by atoms with Crippen molar-refractivity contribution in [2.45, 2.75) is 69.7 Å². The fourth-order valence-corrected chi connectivity index (χ4v) is 6.23. The first-order chi connectivity index (χ1) is 19.1. The highest BCUT2D eigenvalue weighted by Gasteiger charge is 2.40. The van der Waals surface area contributed by atoms with Gasteiger partial charge in [-0.3, -0.25) is 14.7 Å². The molecule has 2 N–H and O–H groups in total. The second kappa shape index (κ2) is 10.9. The van der Waals surface area contributed by atoms with Gasteiger partial charge in [0.15, 0.2) is 0 Å². The highest BCUT2D eigenvalue weighted by atomic mass is 16.5. The lowest BCUT2D eigenvalue weighted by molar-refractivity contribution is -0.123. The van der Waals surface area contributed by atoms with Crippen molar-refractivity contribution in [3.63, 3.8) is 0 Å². The molecular formula is C32H34N4O3. The summed E-state index contributed by atoms with van der Waals surface area (Å²) in [6.45, 7) is 2.13. The average Bonchev–Trinajstić information content (AvgIpc) is 3.50. The van der Waals surface area contributed by atoms with Gasteiger partial charge < -0.3 is 15.0 Å². The first-order valence-corrected chi connectivity index (χ1v) is 14.0. The van der Waals surface area contributed by atoms with Crippen LogP contribution in [-0.2, 0) is 4.79 Å². The Labute approximate surface area is 228 Å². The number of piperidine rings is 1. The first kappa shape index (κ1) is 25.2. The van der Waals surface area contributed by atoms with Gasteiger partial charge in [-0.2, -0.15) is 5.10 Å². The second-order valence-corrected chi connectivity index (χ2v) is 10.7. The lowest BCUT2D eigenvalue weighted by atomic mass is 10.0. The van der Waals surface area contributed by atoms with Crippen LogP contribution in [0.4, 0.5) is 0 Å². The van der Waals surface area contributed by atoms with E-state index in [0.29, 0.717) is 17.6 Å². The molecule has 3 heterocycles. The van der Waals surface area contributed by atoms with E-state index < -0.39 is 0 Å². The molecule has 2 aliphatic rings. The number of nitrogens with zero attached hydrogens (tertiary/aromatic N) is 2. The third-order valence-electron chi connectivity index (χ3n) is 8.21. The number of hydrogen-bond donors (Lipinski definition) is 2. The van der Waals surface area contributed by atoms with E-state index in [1.807, 2.05) is 65.6 Å². The highest BCUT2D eigenvalue weighted by molar-refractivity contribution is 6.01. The van der Waals surface area contributed by atoms with Gasteiger partial charge in [0.1, 0.15) is 11.9 Å². The molecule has 7 heteroatoms. The van der Waals surface area contributed by atoms with Gasteiger partial charge in [0.25, 0.3) is 5.91 Å². The summed E-state index contributed by atoms with van der Waals surface area (Å²) in [6.07, 6.45) is 6.89. The molecule has 0 aliphatic carbocycles. The van der Waals surface area contributed by atoms with E-state index >= 15 is 0 Å². The van der Waals surface area contributed by atoms with Crippen LogP contribution in [0.15, 0.2) is 72.8 Å². The highest BCUT2D eigenvalue weighted by Crippen LogP contribution is 2.36. The molecule has 3 aromatic carbocycles. The van der Waals surface area contributed by atoms with Crippen LogP contribution >= 0.6 is 0 Å². The Hall–Kier alpha value is -4.13. The Balaban J connectivity index is 1.17. The van der Waals surface area contributed by atoms with Crippen molar-refractivity contribution in [1.29, 1.82) is 0 Å².